The lowest BCUT2D eigenvalue weighted by Gasteiger charge is -2.38. The molecule has 0 aliphatic heterocycles. The molecule has 2 aromatic heterocycles. The Morgan fingerprint density at radius 1 is 1.10 bits per heavy atom. The highest BCUT2D eigenvalue weighted by atomic mass is 16.5. The van der Waals surface area contributed by atoms with E-state index in [0.717, 1.165) is 49.9 Å². The van der Waals surface area contributed by atoms with Crippen molar-refractivity contribution in [1.82, 2.24) is 14.9 Å². The number of aromatic nitrogens is 2. The molecule has 0 radical (unpaired) electrons. The van der Waals surface area contributed by atoms with E-state index in [1.165, 1.54) is 5.56 Å². The number of rotatable bonds is 7. The van der Waals surface area contributed by atoms with E-state index in [1.54, 1.807) is 6.20 Å². The third kappa shape index (κ3) is 5.08. The molecule has 0 atom stereocenters. The van der Waals surface area contributed by atoms with Crippen molar-refractivity contribution in [2.75, 3.05) is 6.54 Å². The van der Waals surface area contributed by atoms with E-state index in [4.69, 9.17) is 4.74 Å². The van der Waals surface area contributed by atoms with Crippen LogP contribution >= 0.6 is 0 Å². The quantitative estimate of drug-likeness (QED) is 0.615. The first-order valence-electron chi connectivity index (χ1n) is 11.0. The summed E-state index contributed by atoms with van der Waals surface area (Å²) in [6.07, 6.45) is 10.1. The summed E-state index contributed by atoms with van der Waals surface area (Å²) in [6.45, 7) is 6.67. The molecule has 1 aliphatic rings. The molecule has 1 aliphatic carbocycles. The van der Waals surface area contributed by atoms with Crippen LogP contribution in [-0.4, -0.2) is 33.6 Å². The van der Waals surface area contributed by atoms with E-state index >= 15 is 0 Å². The van der Waals surface area contributed by atoms with Crippen LogP contribution in [0.2, 0.25) is 0 Å². The molecule has 5 heteroatoms. The summed E-state index contributed by atoms with van der Waals surface area (Å²) in [7, 11) is 0. The van der Waals surface area contributed by atoms with Gasteiger partial charge in [0.25, 0.3) is 5.56 Å². The number of ether oxygens (including phenoxy) is 1. The molecule has 158 valence electrons. The molecular weight excluding hydrogens is 374 g/mol. The number of benzene rings is 1. The Hall–Kier alpha value is -2.66. The van der Waals surface area contributed by atoms with Gasteiger partial charge in [0.1, 0.15) is 5.75 Å². The summed E-state index contributed by atoms with van der Waals surface area (Å²) in [5, 5.41) is 1.62. The summed E-state index contributed by atoms with van der Waals surface area (Å²) in [6, 6.07) is 12.5. The van der Waals surface area contributed by atoms with Crippen molar-refractivity contribution in [2.24, 2.45) is 5.92 Å². The van der Waals surface area contributed by atoms with Crippen molar-refractivity contribution < 1.29 is 4.74 Å². The van der Waals surface area contributed by atoms with Crippen LogP contribution < -0.4 is 10.3 Å². The Kier molecular flexibility index (Phi) is 6.48. The molecule has 0 unspecified atom stereocenters. The zero-order valence-corrected chi connectivity index (χ0v) is 17.9. The average Bonchev–Trinajstić information content (AvgIpc) is 2.74. The second kappa shape index (κ2) is 9.43. The average molecular weight is 406 g/mol. The maximum Gasteiger partial charge on any atom is 0.255 e. The first kappa shape index (κ1) is 20.6. The number of pyridine rings is 2. The maximum atomic E-state index is 11.9. The van der Waals surface area contributed by atoms with Crippen LogP contribution in [0.5, 0.6) is 5.75 Å². The fraction of sp³-hybridized carbons (Fsp3) is 0.440. The summed E-state index contributed by atoms with van der Waals surface area (Å²) in [5.41, 5.74) is 1.27. The van der Waals surface area contributed by atoms with Crippen LogP contribution in [-0.2, 0) is 6.54 Å². The van der Waals surface area contributed by atoms with Gasteiger partial charge in [-0.2, -0.15) is 0 Å². The molecule has 1 aromatic carbocycles. The molecule has 0 bridgehead atoms. The molecule has 4 rings (SSSR count). The monoisotopic (exact) mass is 405 g/mol. The first-order valence-corrected chi connectivity index (χ1v) is 11.0. The maximum absolute atomic E-state index is 11.9. The van der Waals surface area contributed by atoms with Crippen molar-refractivity contribution in [2.45, 2.75) is 58.2 Å². The Labute approximate surface area is 178 Å². The van der Waals surface area contributed by atoms with Crippen molar-refractivity contribution in [3.8, 4) is 5.75 Å². The highest BCUT2D eigenvalue weighted by Crippen LogP contribution is 2.29. The normalized spacial score (nSPS) is 19.5. The Morgan fingerprint density at radius 3 is 2.60 bits per heavy atom. The van der Waals surface area contributed by atoms with Gasteiger partial charge < -0.3 is 9.72 Å². The zero-order chi connectivity index (χ0) is 20.9. The molecular formula is C25H31N3O2. The van der Waals surface area contributed by atoms with Crippen molar-refractivity contribution in [1.29, 1.82) is 0 Å². The second-order valence-corrected chi connectivity index (χ2v) is 8.78. The number of nitrogens with one attached hydrogen (secondary N) is 1. The van der Waals surface area contributed by atoms with E-state index in [1.807, 2.05) is 36.7 Å². The standard InChI is InChI=1S/C25H31N3O2/c1-18(2)16-28(17-19-9-12-26-13-10-19)21-3-5-22(6-4-21)30-23-7-8-24-20(15-23)11-14-27-25(24)29/h7-15,18,21-22H,3-6,16-17H2,1-2H3,(H,27,29). The minimum atomic E-state index is -0.0565. The summed E-state index contributed by atoms with van der Waals surface area (Å²) in [5.74, 6) is 1.49. The van der Waals surface area contributed by atoms with Gasteiger partial charge >= 0.3 is 0 Å². The van der Waals surface area contributed by atoms with Gasteiger partial charge in [-0.15, -0.1) is 0 Å². The van der Waals surface area contributed by atoms with Gasteiger partial charge in [-0.25, -0.2) is 0 Å². The van der Waals surface area contributed by atoms with Crippen molar-refractivity contribution >= 4 is 10.8 Å². The number of hydrogen-bond donors (Lipinski definition) is 1. The lowest BCUT2D eigenvalue weighted by atomic mass is 9.91. The van der Waals surface area contributed by atoms with Gasteiger partial charge in [0.2, 0.25) is 0 Å². The summed E-state index contributed by atoms with van der Waals surface area (Å²) >= 11 is 0. The van der Waals surface area contributed by atoms with Crippen LogP contribution in [0, 0.1) is 5.92 Å². The number of fused-ring (bicyclic) bond motifs is 1. The second-order valence-electron chi connectivity index (χ2n) is 8.78. The summed E-state index contributed by atoms with van der Waals surface area (Å²) < 4.78 is 6.29. The first-order chi connectivity index (χ1) is 14.6. The summed E-state index contributed by atoms with van der Waals surface area (Å²) in [4.78, 5) is 21.4. The van der Waals surface area contributed by atoms with Gasteiger partial charge in [-0.3, -0.25) is 14.7 Å². The van der Waals surface area contributed by atoms with Crippen LogP contribution in [0.25, 0.3) is 10.8 Å². The predicted octanol–water partition coefficient (Wildman–Crippen LogP) is 4.77. The Balaban J connectivity index is 1.37. The van der Waals surface area contributed by atoms with Gasteiger partial charge in [-0.1, -0.05) is 13.8 Å². The van der Waals surface area contributed by atoms with E-state index in [0.29, 0.717) is 17.3 Å². The molecule has 1 N–H and O–H groups in total. The smallest absolute Gasteiger partial charge is 0.255 e. The third-order valence-electron chi connectivity index (χ3n) is 5.94. The van der Waals surface area contributed by atoms with Crippen LogP contribution in [0.3, 0.4) is 0 Å². The fourth-order valence-electron chi connectivity index (χ4n) is 4.50. The minimum Gasteiger partial charge on any atom is -0.490 e. The topological polar surface area (TPSA) is 58.2 Å². The van der Waals surface area contributed by atoms with E-state index in [-0.39, 0.29) is 11.7 Å². The molecule has 3 aromatic rings. The number of aromatic amines is 1. The zero-order valence-electron chi connectivity index (χ0n) is 17.9. The van der Waals surface area contributed by atoms with E-state index < -0.39 is 0 Å². The predicted molar refractivity (Wildman–Crippen MR) is 121 cm³/mol. The molecule has 0 saturated heterocycles. The number of H-pyrrole nitrogens is 1. The molecule has 0 amide bonds. The molecule has 1 saturated carbocycles. The molecule has 2 heterocycles. The van der Waals surface area contributed by atoms with Gasteiger partial charge in [0, 0.05) is 43.1 Å². The van der Waals surface area contributed by atoms with Crippen LogP contribution in [0.4, 0.5) is 0 Å². The van der Waals surface area contributed by atoms with Gasteiger partial charge in [0.05, 0.1) is 6.10 Å². The van der Waals surface area contributed by atoms with E-state index in [2.05, 4.69) is 40.8 Å². The Bertz CT molecular complexity index is 1010. The lowest BCUT2D eigenvalue weighted by Crippen LogP contribution is -2.41. The minimum absolute atomic E-state index is 0.0565. The van der Waals surface area contributed by atoms with Crippen molar-refractivity contribution in [3.63, 3.8) is 0 Å². The molecule has 0 spiro atoms. The molecule has 5 nitrogen and oxygen atoms in total. The van der Waals surface area contributed by atoms with Crippen LogP contribution in [0.15, 0.2) is 59.8 Å². The Morgan fingerprint density at radius 2 is 1.87 bits per heavy atom. The van der Waals surface area contributed by atoms with Crippen molar-refractivity contribution in [3.05, 3.63) is 70.9 Å². The highest BCUT2D eigenvalue weighted by Gasteiger charge is 2.27. The molecule has 1 fully saturated rings. The highest BCUT2D eigenvalue weighted by molar-refractivity contribution is 5.82. The van der Waals surface area contributed by atoms with Gasteiger partial charge in [0.15, 0.2) is 0 Å². The van der Waals surface area contributed by atoms with Gasteiger partial charge in [-0.05, 0) is 78.9 Å². The number of hydrogen-bond acceptors (Lipinski definition) is 4. The van der Waals surface area contributed by atoms with Crippen LogP contribution in [0.1, 0.15) is 45.1 Å². The largest absolute Gasteiger partial charge is 0.490 e. The molecule has 30 heavy (non-hydrogen) atoms. The lowest BCUT2D eigenvalue weighted by molar-refractivity contribution is 0.0770. The number of nitrogens with zero attached hydrogens (tertiary/aromatic N) is 2. The van der Waals surface area contributed by atoms with E-state index in [9.17, 15) is 4.79 Å². The SMILES string of the molecule is CC(C)CN(Cc1ccncc1)C1CCC(Oc2ccc3c(=O)[nH]ccc3c2)CC1. The fourth-order valence-corrected chi connectivity index (χ4v) is 4.50. The third-order valence-corrected chi connectivity index (χ3v) is 5.94.